The van der Waals surface area contributed by atoms with Crippen molar-refractivity contribution in [2.24, 2.45) is 0 Å². The van der Waals surface area contributed by atoms with Gasteiger partial charge in [0.2, 0.25) is 0 Å². The highest BCUT2D eigenvalue weighted by Gasteiger charge is 2.31. The second kappa shape index (κ2) is 9.25. The summed E-state index contributed by atoms with van der Waals surface area (Å²) in [6.07, 6.45) is 0.208. The van der Waals surface area contributed by atoms with E-state index < -0.39 is 11.7 Å². The third-order valence-electron chi connectivity index (χ3n) is 6.92. The van der Waals surface area contributed by atoms with Crippen LogP contribution in [-0.2, 0) is 6.18 Å². The number of H-pyrrole nitrogens is 1. The van der Waals surface area contributed by atoms with E-state index >= 15 is 0 Å². The number of benzene rings is 2. The fourth-order valence-corrected chi connectivity index (χ4v) is 4.99. The molecule has 2 aliphatic rings. The lowest BCUT2D eigenvalue weighted by molar-refractivity contribution is -0.137. The fourth-order valence-electron chi connectivity index (χ4n) is 4.99. The molecule has 5 nitrogen and oxygen atoms in total. The molecule has 2 saturated heterocycles. The molecule has 0 radical (unpaired) electrons. The predicted molar refractivity (Wildman–Crippen MR) is 124 cm³/mol. The van der Waals surface area contributed by atoms with Crippen molar-refractivity contribution in [3.8, 4) is 22.5 Å². The summed E-state index contributed by atoms with van der Waals surface area (Å²) >= 11 is 0. The van der Waals surface area contributed by atoms with E-state index in [0.717, 1.165) is 43.6 Å². The molecular weight excluding hydrogens is 441 g/mol. The number of carbonyl (C=O) groups is 1. The van der Waals surface area contributed by atoms with Crippen LogP contribution in [0.4, 0.5) is 13.2 Å². The molecule has 3 aromatic rings. The van der Waals surface area contributed by atoms with E-state index in [1.165, 1.54) is 32.0 Å². The number of rotatable bonds is 4. The lowest BCUT2D eigenvalue weighted by atomic mass is 10.0. The number of hydrogen-bond donors (Lipinski definition) is 1. The molecule has 0 bridgehead atoms. The summed E-state index contributed by atoms with van der Waals surface area (Å²) in [7, 11) is 0. The average molecular weight is 469 g/mol. The van der Waals surface area contributed by atoms with Gasteiger partial charge < -0.3 is 9.80 Å². The molecule has 2 aromatic carbocycles. The molecule has 0 saturated carbocycles. The Morgan fingerprint density at radius 1 is 0.912 bits per heavy atom. The van der Waals surface area contributed by atoms with Gasteiger partial charge in [0, 0.05) is 30.3 Å². The van der Waals surface area contributed by atoms with Gasteiger partial charge in [-0.25, -0.2) is 0 Å². The van der Waals surface area contributed by atoms with Crippen LogP contribution in [0.3, 0.4) is 0 Å². The van der Waals surface area contributed by atoms with Crippen molar-refractivity contribution in [1.29, 1.82) is 0 Å². The van der Waals surface area contributed by atoms with E-state index in [4.69, 9.17) is 0 Å². The lowest BCUT2D eigenvalue weighted by Gasteiger charge is -2.36. The van der Waals surface area contributed by atoms with Crippen LogP contribution in [0.2, 0.25) is 0 Å². The maximum atomic E-state index is 13.0. The Balaban J connectivity index is 1.24. The molecule has 1 N–H and O–H groups in total. The van der Waals surface area contributed by atoms with E-state index in [2.05, 4.69) is 15.1 Å². The van der Waals surface area contributed by atoms with Gasteiger partial charge in [0.1, 0.15) is 0 Å². The Labute approximate surface area is 196 Å². The molecule has 0 spiro atoms. The number of hydrogen-bond acceptors (Lipinski definition) is 3. The van der Waals surface area contributed by atoms with Gasteiger partial charge in [-0.1, -0.05) is 24.3 Å². The van der Waals surface area contributed by atoms with E-state index in [-0.39, 0.29) is 5.91 Å². The third-order valence-corrected chi connectivity index (χ3v) is 6.92. The number of halogens is 3. The summed E-state index contributed by atoms with van der Waals surface area (Å²) in [4.78, 5) is 17.5. The van der Waals surface area contributed by atoms with Crippen LogP contribution in [0.1, 0.15) is 41.6 Å². The van der Waals surface area contributed by atoms with Gasteiger partial charge in [-0.3, -0.25) is 9.89 Å². The molecule has 2 aliphatic heterocycles. The minimum Gasteiger partial charge on any atom is -0.339 e. The summed E-state index contributed by atoms with van der Waals surface area (Å²) in [5.74, 6) is 0.0423. The van der Waals surface area contributed by atoms with Crippen molar-refractivity contribution in [2.45, 2.75) is 37.9 Å². The first-order valence-corrected chi connectivity index (χ1v) is 11.8. The van der Waals surface area contributed by atoms with Gasteiger partial charge >= 0.3 is 6.18 Å². The van der Waals surface area contributed by atoms with E-state index in [0.29, 0.717) is 28.6 Å². The van der Waals surface area contributed by atoms with Gasteiger partial charge in [-0.2, -0.15) is 18.3 Å². The number of amides is 1. The molecule has 34 heavy (non-hydrogen) atoms. The number of nitrogens with zero attached hydrogens (tertiary/aromatic N) is 3. The van der Waals surface area contributed by atoms with Crippen LogP contribution in [-0.4, -0.2) is 58.1 Å². The van der Waals surface area contributed by atoms with Gasteiger partial charge in [0.25, 0.3) is 5.91 Å². The van der Waals surface area contributed by atoms with Crippen molar-refractivity contribution in [1.82, 2.24) is 20.0 Å². The minimum atomic E-state index is -4.40. The highest BCUT2D eigenvalue weighted by molar-refractivity contribution is 5.94. The summed E-state index contributed by atoms with van der Waals surface area (Å²) in [6, 6.07) is 14.7. The van der Waals surface area contributed by atoms with Crippen molar-refractivity contribution < 1.29 is 18.0 Å². The normalized spacial score (nSPS) is 17.9. The molecule has 1 aromatic heterocycles. The van der Waals surface area contributed by atoms with Crippen LogP contribution < -0.4 is 0 Å². The van der Waals surface area contributed by atoms with Crippen LogP contribution in [0, 0.1) is 0 Å². The maximum absolute atomic E-state index is 13.0. The maximum Gasteiger partial charge on any atom is 0.416 e. The molecule has 3 heterocycles. The monoisotopic (exact) mass is 468 g/mol. The van der Waals surface area contributed by atoms with Crippen molar-refractivity contribution in [3.63, 3.8) is 0 Å². The molecule has 1 amide bonds. The molecule has 0 unspecified atom stereocenters. The van der Waals surface area contributed by atoms with E-state index in [1.807, 2.05) is 17.0 Å². The van der Waals surface area contributed by atoms with Crippen LogP contribution >= 0.6 is 0 Å². The highest BCUT2D eigenvalue weighted by atomic mass is 19.4. The van der Waals surface area contributed by atoms with Crippen molar-refractivity contribution in [2.75, 3.05) is 26.2 Å². The standard InChI is InChI=1S/C26H27F3N4O/c27-26(28,29)21-5-3-4-20(16-21)24-17-23(30-31-24)18-6-8-19(9-7-18)25(34)33-14-10-22(11-15-33)32-12-1-2-13-32/h3-9,16-17,22H,1-2,10-15H2,(H,30,31). The lowest BCUT2D eigenvalue weighted by Crippen LogP contribution is -2.45. The first-order chi connectivity index (χ1) is 16.4. The third kappa shape index (κ3) is 4.73. The second-order valence-electron chi connectivity index (χ2n) is 9.09. The van der Waals surface area contributed by atoms with Gasteiger partial charge in [-0.15, -0.1) is 0 Å². The number of aromatic nitrogens is 2. The Hall–Kier alpha value is -3.13. The molecule has 0 aliphatic carbocycles. The van der Waals surface area contributed by atoms with Crippen molar-refractivity contribution >= 4 is 5.91 Å². The summed E-state index contributed by atoms with van der Waals surface area (Å²) in [5, 5.41) is 7.08. The molecule has 2 fully saturated rings. The molecule has 8 heteroatoms. The molecular formula is C26H27F3N4O. The Bertz CT molecular complexity index is 1140. The Kier molecular flexibility index (Phi) is 6.16. The zero-order chi connectivity index (χ0) is 23.7. The molecule has 0 atom stereocenters. The average Bonchev–Trinajstić information content (AvgIpc) is 3.56. The zero-order valence-electron chi connectivity index (χ0n) is 18.8. The first kappa shape index (κ1) is 22.7. The number of alkyl halides is 3. The topological polar surface area (TPSA) is 52.2 Å². The summed E-state index contributed by atoms with van der Waals surface area (Å²) in [6.45, 7) is 3.93. The van der Waals surface area contributed by atoms with Crippen LogP contribution in [0.15, 0.2) is 54.6 Å². The zero-order valence-corrected chi connectivity index (χ0v) is 18.8. The molecule has 178 valence electrons. The molecule has 5 rings (SSSR count). The van der Waals surface area contributed by atoms with Gasteiger partial charge in [0.15, 0.2) is 0 Å². The van der Waals surface area contributed by atoms with Gasteiger partial charge in [-0.05, 0) is 74.7 Å². The summed E-state index contributed by atoms with van der Waals surface area (Å²) < 4.78 is 39.1. The Morgan fingerprint density at radius 2 is 1.62 bits per heavy atom. The van der Waals surface area contributed by atoms with Gasteiger partial charge in [0.05, 0.1) is 17.0 Å². The Morgan fingerprint density at radius 3 is 2.29 bits per heavy atom. The first-order valence-electron chi connectivity index (χ1n) is 11.8. The summed E-state index contributed by atoms with van der Waals surface area (Å²) in [5.41, 5.74) is 2.25. The van der Waals surface area contributed by atoms with Crippen LogP contribution in [0.25, 0.3) is 22.5 Å². The number of aromatic amines is 1. The van der Waals surface area contributed by atoms with E-state index in [1.54, 1.807) is 24.3 Å². The predicted octanol–water partition coefficient (Wildman–Crippen LogP) is 5.46. The van der Waals surface area contributed by atoms with Crippen LogP contribution in [0.5, 0.6) is 0 Å². The second-order valence-corrected chi connectivity index (χ2v) is 9.09. The SMILES string of the molecule is O=C(c1ccc(-c2cc(-c3cccc(C(F)(F)F)c3)n[nH]2)cc1)N1CCC(N2CCCC2)CC1. The number of piperidine rings is 1. The quantitative estimate of drug-likeness (QED) is 0.553. The van der Waals surface area contributed by atoms with E-state index in [9.17, 15) is 18.0 Å². The number of carbonyl (C=O) groups excluding carboxylic acids is 1. The number of nitrogens with one attached hydrogen (secondary N) is 1. The highest BCUT2D eigenvalue weighted by Crippen LogP contribution is 2.32. The smallest absolute Gasteiger partial charge is 0.339 e. The largest absolute Gasteiger partial charge is 0.416 e. The minimum absolute atomic E-state index is 0.0423. The fraction of sp³-hybridized carbons (Fsp3) is 0.385. The van der Waals surface area contributed by atoms with Crippen molar-refractivity contribution in [3.05, 3.63) is 65.7 Å². The number of likely N-dealkylation sites (tertiary alicyclic amines) is 2.